The second kappa shape index (κ2) is 9.63. The van der Waals surface area contributed by atoms with Gasteiger partial charge in [0.2, 0.25) is 0 Å². The summed E-state index contributed by atoms with van der Waals surface area (Å²) in [5.41, 5.74) is 1.53. The van der Waals surface area contributed by atoms with Crippen molar-refractivity contribution in [1.82, 2.24) is 20.5 Å². The van der Waals surface area contributed by atoms with E-state index in [-0.39, 0.29) is 11.9 Å². The molecule has 0 bridgehead atoms. The molecule has 1 unspecified atom stereocenters. The highest BCUT2D eigenvalue weighted by Gasteiger charge is 2.23. The molecule has 4 rings (SSSR count). The molecule has 2 fully saturated rings. The number of likely N-dealkylation sites (tertiary alicyclic amines) is 1. The molecule has 1 amide bonds. The Balaban J connectivity index is 1.24. The number of carbonyl (C=O) groups is 1. The van der Waals surface area contributed by atoms with Crippen molar-refractivity contribution in [2.24, 2.45) is 0 Å². The third-order valence-corrected chi connectivity index (χ3v) is 6.47. The van der Waals surface area contributed by atoms with Crippen molar-refractivity contribution in [2.45, 2.75) is 57.0 Å². The van der Waals surface area contributed by atoms with Crippen LogP contribution in [-0.2, 0) is 0 Å². The van der Waals surface area contributed by atoms with E-state index in [1.54, 1.807) is 7.11 Å². The number of methoxy groups -OCH3 is 1. The summed E-state index contributed by atoms with van der Waals surface area (Å²) in [4.78, 5) is 18.5. The summed E-state index contributed by atoms with van der Waals surface area (Å²) in [5, 5.41) is 7.86. The van der Waals surface area contributed by atoms with Gasteiger partial charge in [0.05, 0.1) is 7.11 Å². The molecule has 6 heteroatoms. The van der Waals surface area contributed by atoms with Gasteiger partial charge in [-0.05, 0) is 63.4 Å². The van der Waals surface area contributed by atoms with E-state index < -0.39 is 0 Å². The first-order valence-corrected chi connectivity index (χ1v) is 11.2. The largest absolute Gasteiger partial charge is 0.496 e. The number of nitrogens with one attached hydrogen (secondary N) is 3. The van der Waals surface area contributed by atoms with Crippen molar-refractivity contribution in [1.29, 1.82) is 0 Å². The van der Waals surface area contributed by atoms with Crippen LogP contribution in [0.5, 0.6) is 5.75 Å². The Morgan fingerprint density at radius 3 is 2.90 bits per heavy atom. The van der Waals surface area contributed by atoms with Crippen LogP contribution in [0.3, 0.4) is 0 Å². The van der Waals surface area contributed by atoms with Gasteiger partial charge in [-0.2, -0.15) is 0 Å². The molecular formula is C23H34N4O2. The third-order valence-electron chi connectivity index (χ3n) is 6.47. The summed E-state index contributed by atoms with van der Waals surface area (Å²) in [6, 6.07) is 8.64. The minimum Gasteiger partial charge on any atom is -0.496 e. The number of hydrogen-bond acceptors (Lipinski definition) is 4. The highest BCUT2D eigenvalue weighted by Crippen LogP contribution is 2.26. The molecule has 6 nitrogen and oxygen atoms in total. The van der Waals surface area contributed by atoms with Gasteiger partial charge in [-0.15, -0.1) is 0 Å². The number of aromatic nitrogens is 1. The van der Waals surface area contributed by atoms with Crippen LogP contribution in [0.2, 0.25) is 0 Å². The predicted octanol–water partition coefficient (Wildman–Crippen LogP) is 3.29. The van der Waals surface area contributed by atoms with Crippen LogP contribution in [-0.4, -0.2) is 61.2 Å². The molecule has 158 valence electrons. The SMILES string of the molecule is COc1cccc2[nH]c(C(=O)NC3CCN(CCC4CCCCCN4)CC3)cc12. The van der Waals surface area contributed by atoms with Crippen molar-refractivity contribution in [3.05, 3.63) is 30.0 Å². The number of amides is 1. The molecule has 29 heavy (non-hydrogen) atoms. The second-order valence-electron chi connectivity index (χ2n) is 8.48. The van der Waals surface area contributed by atoms with Crippen LogP contribution < -0.4 is 15.4 Å². The van der Waals surface area contributed by atoms with Gasteiger partial charge in [-0.1, -0.05) is 18.9 Å². The first kappa shape index (κ1) is 20.2. The number of nitrogens with zero attached hydrogens (tertiary/aromatic N) is 1. The number of fused-ring (bicyclic) bond motifs is 1. The van der Waals surface area contributed by atoms with Gasteiger partial charge in [0.25, 0.3) is 5.91 Å². The van der Waals surface area contributed by atoms with Gasteiger partial charge in [0, 0.05) is 36.1 Å². The van der Waals surface area contributed by atoms with Gasteiger partial charge < -0.3 is 25.3 Å². The Bertz CT molecular complexity index is 802. The van der Waals surface area contributed by atoms with Gasteiger partial charge in [0.15, 0.2) is 0 Å². The Morgan fingerprint density at radius 2 is 2.07 bits per heavy atom. The molecule has 0 spiro atoms. The van der Waals surface area contributed by atoms with Crippen molar-refractivity contribution < 1.29 is 9.53 Å². The number of piperidine rings is 1. The average Bonchev–Trinajstić information content (AvgIpc) is 3.02. The van der Waals surface area contributed by atoms with E-state index >= 15 is 0 Å². The van der Waals surface area contributed by atoms with E-state index in [4.69, 9.17) is 4.74 Å². The van der Waals surface area contributed by atoms with Crippen LogP contribution in [0, 0.1) is 0 Å². The lowest BCUT2D eigenvalue weighted by molar-refractivity contribution is 0.0905. The number of ether oxygens (including phenoxy) is 1. The molecule has 0 radical (unpaired) electrons. The van der Waals surface area contributed by atoms with Crippen LogP contribution >= 0.6 is 0 Å². The zero-order valence-electron chi connectivity index (χ0n) is 17.5. The zero-order chi connectivity index (χ0) is 20.1. The van der Waals surface area contributed by atoms with Crippen LogP contribution in [0.15, 0.2) is 24.3 Å². The summed E-state index contributed by atoms with van der Waals surface area (Å²) in [6.07, 6.45) is 8.67. The molecule has 0 aliphatic carbocycles. The molecule has 2 aliphatic heterocycles. The molecule has 3 heterocycles. The van der Waals surface area contributed by atoms with Crippen molar-refractivity contribution >= 4 is 16.8 Å². The number of H-pyrrole nitrogens is 1. The molecule has 1 aromatic heterocycles. The third kappa shape index (κ3) is 5.11. The van der Waals surface area contributed by atoms with Crippen molar-refractivity contribution in [2.75, 3.05) is 33.3 Å². The summed E-state index contributed by atoms with van der Waals surface area (Å²) in [5.74, 6) is 0.763. The normalized spacial score (nSPS) is 21.8. The zero-order valence-corrected chi connectivity index (χ0v) is 17.5. The molecular weight excluding hydrogens is 364 g/mol. The standard InChI is InChI=1S/C23H34N4O2/c1-29-22-8-5-7-20-19(22)16-21(26-20)23(28)25-18-10-14-27(15-11-18)13-9-17-6-3-2-4-12-24-17/h5,7-8,16-18,24,26H,2-4,6,9-15H2,1H3,(H,25,28). The van der Waals surface area contributed by atoms with Crippen LogP contribution in [0.4, 0.5) is 0 Å². The monoisotopic (exact) mass is 398 g/mol. The van der Waals surface area contributed by atoms with Gasteiger partial charge in [-0.3, -0.25) is 4.79 Å². The number of carbonyl (C=O) groups excluding carboxylic acids is 1. The maximum Gasteiger partial charge on any atom is 0.267 e. The molecule has 1 atom stereocenters. The minimum atomic E-state index is -0.0237. The van der Waals surface area contributed by atoms with E-state index in [2.05, 4.69) is 20.5 Å². The first-order valence-electron chi connectivity index (χ1n) is 11.2. The molecule has 1 aromatic carbocycles. The highest BCUT2D eigenvalue weighted by molar-refractivity contribution is 5.99. The quantitative estimate of drug-likeness (QED) is 0.698. The van der Waals surface area contributed by atoms with E-state index in [1.807, 2.05) is 24.3 Å². The van der Waals surface area contributed by atoms with Crippen LogP contribution in [0.1, 0.15) is 55.4 Å². The number of aromatic amines is 1. The van der Waals surface area contributed by atoms with E-state index in [0.29, 0.717) is 11.7 Å². The first-order chi connectivity index (χ1) is 14.2. The van der Waals surface area contributed by atoms with Crippen molar-refractivity contribution in [3.63, 3.8) is 0 Å². The molecule has 2 saturated heterocycles. The number of benzene rings is 1. The number of rotatable bonds is 6. The highest BCUT2D eigenvalue weighted by atomic mass is 16.5. The Kier molecular flexibility index (Phi) is 6.72. The Labute approximate surface area is 173 Å². The lowest BCUT2D eigenvalue weighted by atomic mass is 10.0. The fraction of sp³-hybridized carbons (Fsp3) is 0.609. The molecule has 2 aliphatic rings. The summed E-state index contributed by atoms with van der Waals surface area (Å²) in [6.45, 7) is 4.48. The fourth-order valence-electron chi connectivity index (χ4n) is 4.68. The molecule has 0 saturated carbocycles. The smallest absolute Gasteiger partial charge is 0.267 e. The lowest BCUT2D eigenvalue weighted by Gasteiger charge is -2.33. The number of hydrogen-bond donors (Lipinski definition) is 3. The fourth-order valence-corrected chi connectivity index (χ4v) is 4.68. The van der Waals surface area contributed by atoms with Crippen molar-refractivity contribution in [3.8, 4) is 5.75 Å². The molecule has 3 N–H and O–H groups in total. The molecule has 2 aromatic rings. The van der Waals surface area contributed by atoms with Gasteiger partial charge in [0.1, 0.15) is 11.4 Å². The second-order valence-corrected chi connectivity index (χ2v) is 8.48. The lowest BCUT2D eigenvalue weighted by Crippen LogP contribution is -2.45. The minimum absolute atomic E-state index is 0.0237. The summed E-state index contributed by atoms with van der Waals surface area (Å²) in [7, 11) is 1.65. The van der Waals surface area contributed by atoms with E-state index in [1.165, 1.54) is 45.2 Å². The predicted molar refractivity (Wildman–Crippen MR) is 117 cm³/mol. The van der Waals surface area contributed by atoms with Gasteiger partial charge in [-0.25, -0.2) is 0 Å². The maximum absolute atomic E-state index is 12.7. The van der Waals surface area contributed by atoms with Gasteiger partial charge >= 0.3 is 0 Å². The Morgan fingerprint density at radius 1 is 1.21 bits per heavy atom. The summed E-state index contributed by atoms with van der Waals surface area (Å²) < 4.78 is 5.39. The van der Waals surface area contributed by atoms with Crippen LogP contribution in [0.25, 0.3) is 10.9 Å². The topological polar surface area (TPSA) is 69.4 Å². The maximum atomic E-state index is 12.7. The Hall–Kier alpha value is -2.05. The average molecular weight is 399 g/mol. The van der Waals surface area contributed by atoms with E-state index in [9.17, 15) is 4.79 Å². The van der Waals surface area contributed by atoms with E-state index in [0.717, 1.165) is 42.6 Å². The summed E-state index contributed by atoms with van der Waals surface area (Å²) >= 11 is 0.